The first-order valence-corrected chi connectivity index (χ1v) is 12.4. The largest absolute Gasteiger partial charge is 0.252 e. The highest BCUT2D eigenvalue weighted by Crippen LogP contribution is 2.58. The van der Waals surface area contributed by atoms with Gasteiger partial charge in [-0.15, -0.1) is 0 Å². The third-order valence-corrected chi connectivity index (χ3v) is 12.0. The van der Waals surface area contributed by atoms with E-state index in [2.05, 4.69) is 137 Å². The summed E-state index contributed by atoms with van der Waals surface area (Å²) in [6.07, 6.45) is 0. The Kier molecular flexibility index (Phi) is 9.07. The fourth-order valence-corrected chi connectivity index (χ4v) is 9.83. The predicted molar refractivity (Wildman–Crippen MR) is 127 cm³/mol. The first-order chi connectivity index (χ1) is 12.8. The lowest BCUT2D eigenvalue weighted by atomic mass is 10.3. The molecule has 0 aromatic heterocycles. The van der Waals surface area contributed by atoms with E-state index >= 15 is 0 Å². The lowest BCUT2D eigenvalue weighted by molar-refractivity contribution is 0.474. The molecule has 0 spiro atoms. The summed E-state index contributed by atoms with van der Waals surface area (Å²) >= 11 is 0. The molecule has 0 aliphatic carbocycles. The second kappa shape index (κ2) is 9.96. The summed E-state index contributed by atoms with van der Waals surface area (Å²) in [5, 5.41) is 0. The average Bonchev–Trinajstić information content (AvgIpc) is 2.56. The van der Waals surface area contributed by atoms with Crippen molar-refractivity contribution in [1.29, 1.82) is 0 Å². The van der Waals surface area contributed by atoms with Gasteiger partial charge in [-0.1, -0.05) is 0 Å². The van der Waals surface area contributed by atoms with E-state index in [0.29, 0.717) is 0 Å². The van der Waals surface area contributed by atoms with Crippen LogP contribution in [-0.4, -0.2) is 113 Å². The van der Waals surface area contributed by atoms with Crippen molar-refractivity contribution in [3.63, 3.8) is 0 Å². The van der Waals surface area contributed by atoms with Gasteiger partial charge in [-0.2, -0.15) is 0 Å². The number of hydrogen-bond donors (Lipinski definition) is 0. The molecule has 10 heteroatoms. The third kappa shape index (κ3) is 4.94. The summed E-state index contributed by atoms with van der Waals surface area (Å²) in [5.74, 6) is 0. The molecule has 162 valence electrons. The van der Waals surface area contributed by atoms with E-state index in [0.717, 1.165) is 11.4 Å². The molecule has 0 atom stereocenters. The highest BCUT2D eigenvalue weighted by molar-refractivity contribution is 7.59. The lowest BCUT2D eigenvalue weighted by Gasteiger charge is -2.41. The van der Waals surface area contributed by atoms with E-state index in [9.17, 15) is 0 Å². The van der Waals surface area contributed by atoms with Crippen LogP contribution in [0.3, 0.4) is 0 Å². The van der Waals surface area contributed by atoms with Crippen LogP contribution in [0.2, 0.25) is 0 Å². The van der Waals surface area contributed by atoms with Crippen LogP contribution in [0.5, 0.6) is 0 Å². The molecule has 1 aromatic rings. The number of benzene rings is 1. The van der Waals surface area contributed by atoms with Gasteiger partial charge in [0.25, 0.3) is 0 Å². The summed E-state index contributed by atoms with van der Waals surface area (Å²) < 4.78 is 23.6. The second-order valence-corrected chi connectivity index (χ2v) is 15.2. The Morgan fingerprint density at radius 2 is 0.607 bits per heavy atom. The summed E-state index contributed by atoms with van der Waals surface area (Å²) in [6, 6.07) is 8.28. The molecule has 1 aromatic carbocycles. The molecule has 1 rings (SSSR count). The highest BCUT2D eigenvalue weighted by atomic mass is 31.2. The fraction of sp³-hybridized carbons (Fsp3) is 0.667. The van der Waals surface area contributed by atoms with Gasteiger partial charge in [0.05, 0.1) is 11.4 Å². The van der Waals surface area contributed by atoms with E-state index in [1.807, 2.05) is 0 Å². The van der Waals surface area contributed by atoms with E-state index in [4.69, 9.17) is 9.49 Å². The van der Waals surface area contributed by atoms with E-state index in [-0.39, 0.29) is 0 Å². The van der Waals surface area contributed by atoms with Crippen molar-refractivity contribution in [3.05, 3.63) is 24.3 Å². The van der Waals surface area contributed by atoms with Crippen molar-refractivity contribution in [2.75, 3.05) is 84.6 Å². The predicted octanol–water partition coefficient (Wildman–Crippen LogP) is 4.21. The molecular formula is C18H40N8P2. The summed E-state index contributed by atoms with van der Waals surface area (Å²) in [4.78, 5) is 0. The van der Waals surface area contributed by atoms with Crippen LogP contribution in [0, 0.1) is 0 Å². The van der Waals surface area contributed by atoms with Crippen molar-refractivity contribution in [2.24, 2.45) is 9.49 Å². The Balaban J connectivity index is 3.53. The highest BCUT2D eigenvalue weighted by Gasteiger charge is 2.29. The molecule has 0 radical (unpaired) electrons. The van der Waals surface area contributed by atoms with Crippen LogP contribution in [-0.2, 0) is 0 Å². The van der Waals surface area contributed by atoms with Gasteiger partial charge in [-0.25, -0.2) is 9.49 Å². The molecule has 0 N–H and O–H groups in total. The molecule has 0 saturated heterocycles. The zero-order valence-corrected chi connectivity index (χ0v) is 21.6. The van der Waals surface area contributed by atoms with Crippen molar-refractivity contribution >= 4 is 26.4 Å². The maximum atomic E-state index is 5.16. The van der Waals surface area contributed by atoms with Crippen LogP contribution in [0.1, 0.15) is 0 Å². The number of nitrogens with zero attached hydrogens (tertiary/aromatic N) is 8. The van der Waals surface area contributed by atoms with Gasteiger partial charge in [0.1, 0.15) is 0 Å². The summed E-state index contributed by atoms with van der Waals surface area (Å²) in [6.45, 7) is 0. The monoisotopic (exact) mass is 430 g/mol. The minimum atomic E-state index is -1.96. The first-order valence-electron chi connectivity index (χ1n) is 9.24. The number of hydrogen-bond acceptors (Lipinski definition) is 2. The van der Waals surface area contributed by atoms with Crippen LogP contribution >= 0.6 is 15.0 Å². The van der Waals surface area contributed by atoms with Gasteiger partial charge in [-0.05, 0) is 109 Å². The van der Waals surface area contributed by atoms with Gasteiger partial charge in [-0.3, -0.25) is 28.0 Å². The van der Waals surface area contributed by atoms with Gasteiger partial charge in [0.15, 0.2) is 15.0 Å². The Morgan fingerprint density at radius 3 is 0.750 bits per heavy atom. The van der Waals surface area contributed by atoms with Crippen LogP contribution in [0.4, 0.5) is 11.4 Å². The molecule has 0 heterocycles. The van der Waals surface area contributed by atoms with E-state index in [1.165, 1.54) is 0 Å². The van der Waals surface area contributed by atoms with Crippen LogP contribution in [0.25, 0.3) is 0 Å². The molecule has 0 saturated carbocycles. The summed E-state index contributed by atoms with van der Waals surface area (Å²) in [5.41, 5.74) is 1.93. The Hall–Kier alpha value is -0.560. The second-order valence-electron chi connectivity index (χ2n) is 7.87. The number of rotatable bonds is 8. The standard InChI is InChI=1S/C18H40N8P2/c1-21(2)27(22(3)4,23(5)6)19-17-13-15-18(16-14-17)20-28(24(7)8,25(9)10)26(11)12/h13-16H,1-12H3. The van der Waals surface area contributed by atoms with E-state index < -0.39 is 15.0 Å². The topological polar surface area (TPSA) is 44.2 Å². The van der Waals surface area contributed by atoms with Crippen molar-refractivity contribution in [2.45, 2.75) is 0 Å². The molecule has 0 fully saturated rings. The van der Waals surface area contributed by atoms with Gasteiger partial charge in [0, 0.05) is 0 Å². The Labute approximate surface area is 173 Å². The zero-order chi connectivity index (χ0) is 21.9. The van der Waals surface area contributed by atoms with Crippen molar-refractivity contribution < 1.29 is 0 Å². The maximum Gasteiger partial charge on any atom is 0.171 e. The third-order valence-electron chi connectivity index (χ3n) is 4.57. The SMILES string of the molecule is CN(C)P(=Nc1ccc(N=P(N(C)C)(N(C)C)N(C)C)cc1)(N(C)C)N(C)C. The molecule has 0 aliphatic rings. The van der Waals surface area contributed by atoms with Gasteiger partial charge >= 0.3 is 0 Å². The van der Waals surface area contributed by atoms with Crippen LogP contribution in [0.15, 0.2) is 33.8 Å². The quantitative estimate of drug-likeness (QED) is 0.576. The fourth-order valence-electron chi connectivity index (χ4n) is 3.58. The first kappa shape index (κ1) is 25.5. The minimum absolute atomic E-state index is 0.965. The molecule has 28 heavy (non-hydrogen) atoms. The zero-order valence-electron chi connectivity index (χ0n) is 19.8. The van der Waals surface area contributed by atoms with Crippen molar-refractivity contribution in [1.82, 2.24) is 28.0 Å². The molecular weight excluding hydrogens is 390 g/mol. The molecule has 0 aliphatic heterocycles. The molecule has 8 nitrogen and oxygen atoms in total. The van der Waals surface area contributed by atoms with Gasteiger partial charge in [0.2, 0.25) is 0 Å². The van der Waals surface area contributed by atoms with Crippen molar-refractivity contribution in [3.8, 4) is 0 Å². The maximum absolute atomic E-state index is 5.16. The summed E-state index contributed by atoms with van der Waals surface area (Å²) in [7, 11) is 21.1. The molecule has 0 bridgehead atoms. The van der Waals surface area contributed by atoms with Crippen LogP contribution < -0.4 is 0 Å². The molecule has 0 amide bonds. The Bertz CT molecular complexity index is 616. The normalized spacial score (nSPS) is 13.5. The average molecular weight is 431 g/mol. The van der Waals surface area contributed by atoms with Gasteiger partial charge < -0.3 is 0 Å². The molecule has 0 unspecified atom stereocenters. The Morgan fingerprint density at radius 1 is 0.429 bits per heavy atom. The lowest BCUT2D eigenvalue weighted by Crippen LogP contribution is -2.30. The minimum Gasteiger partial charge on any atom is -0.252 e. The smallest absolute Gasteiger partial charge is 0.171 e. The van der Waals surface area contributed by atoms with E-state index in [1.54, 1.807) is 0 Å².